The van der Waals surface area contributed by atoms with Crippen molar-refractivity contribution >= 4 is 32.9 Å². The van der Waals surface area contributed by atoms with Crippen LogP contribution in [0.5, 0.6) is 11.5 Å². The zero-order chi connectivity index (χ0) is 27.6. The number of rotatable bonds is 7. The smallest absolute Gasteiger partial charge is 0.282 e. The number of aromatic nitrogens is 3. The molecule has 3 aromatic heterocycles. The van der Waals surface area contributed by atoms with Crippen molar-refractivity contribution in [2.45, 2.75) is 12.8 Å². The number of benzene rings is 2. The van der Waals surface area contributed by atoms with E-state index >= 15 is 4.39 Å². The minimum atomic E-state index is -0.642. The maximum absolute atomic E-state index is 15.1. The summed E-state index contributed by atoms with van der Waals surface area (Å²) in [5.41, 5.74) is 2.00. The fourth-order valence-corrected chi connectivity index (χ4v) is 5.66. The zero-order valence-electron chi connectivity index (χ0n) is 21.1. The molecule has 200 valence electrons. The van der Waals surface area contributed by atoms with Crippen LogP contribution in [0.3, 0.4) is 0 Å². The van der Waals surface area contributed by atoms with Crippen molar-refractivity contribution in [1.29, 1.82) is 0 Å². The summed E-state index contributed by atoms with van der Waals surface area (Å²) in [6.07, 6.45) is 5.85. The van der Waals surface area contributed by atoms with E-state index in [-0.39, 0.29) is 17.7 Å². The molecule has 7 nitrogen and oxygen atoms in total. The van der Waals surface area contributed by atoms with Crippen LogP contribution in [0.4, 0.5) is 8.78 Å². The largest absolute Gasteiger partial charge is 0.453 e. The third-order valence-electron chi connectivity index (χ3n) is 6.55. The number of carbonyl (C=O) groups excluding carboxylic acids is 1. The molecular formula is C30H22F2N4O3S. The lowest BCUT2D eigenvalue weighted by Crippen LogP contribution is -2.27. The molecule has 1 aliphatic rings. The molecule has 10 heteroatoms. The molecule has 1 aliphatic heterocycles. The summed E-state index contributed by atoms with van der Waals surface area (Å²) < 4.78 is 36.2. The minimum absolute atomic E-state index is 0.0160. The second-order valence-corrected chi connectivity index (χ2v) is 10.3. The number of thiophene rings is 1. The number of nitrogens with zero attached hydrogens (tertiary/aromatic N) is 3. The molecule has 5 aromatic rings. The number of carbonyl (C=O) groups is 1. The molecule has 0 fully saturated rings. The van der Waals surface area contributed by atoms with E-state index in [9.17, 15) is 14.0 Å². The normalized spacial score (nSPS) is 13.3. The number of hydrogen-bond donors (Lipinski definition) is 1. The van der Waals surface area contributed by atoms with E-state index in [4.69, 9.17) is 4.74 Å². The van der Waals surface area contributed by atoms with E-state index in [1.807, 2.05) is 6.07 Å². The van der Waals surface area contributed by atoms with Crippen molar-refractivity contribution in [2.75, 3.05) is 13.1 Å². The van der Waals surface area contributed by atoms with Crippen LogP contribution in [0.15, 0.2) is 83.9 Å². The molecule has 40 heavy (non-hydrogen) atoms. The summed E-state index contributed by atoms with van der Waals surface area (Å²) >= 11 is 1.56. The third kappa shape index (κ3) is 5.18. The molecule has 0 saturated carbocycles. The molecule has 0 radical (unpaired) electrons. The Morgan fingerprint density at radius 3 is 2.65 bits per heavy atom. The molecule has 2 aromatic carbocycles. The number of ether oxygens (including phenoxy) is 1. The van der Waals surface area contributed by atoms with E-state index in [0.29, 0.717) is 17.0 Å². The highest BCUT2D eigenvalue weighted by Crippen LogP contribution is 2.38. The van der Waals surface area contributed by atoms with Gasteiger partial charge in [0.1, 0.15) is 11.6 Å². The van der Waals surface area contributed by atoms with Gasteiger partial charge in [0.05, 0.1) is 21.5 Å². The number of pyridine rings is 1. The predicted molar refractivity (Wildman–Crippen MR) is 149 cm³/mol. The van der Waals surface area contributed by atoms with Crippen LogP contribution in [0.25, 0.3) is 21.5 Å². The van der Waals surface area contributed by atoms with Gasteiger partial charge in [-0.05, 0) is 72.6 Å². The van der Waals surface area contributed by atoms with E-state index in [0.717, 1.165) is 39.3 Å². The molecule has 0 aliphatic carbocycles. The summed E-state index contributed by atoms with van der Waals surface area (Å²) in [5.74, 6) is -1.07. The number of fused-ring (bicyclic) bond motifs is 1. The van der Waals surface area contributed by atoms with Crippen LogP contribution in [-0.4, -0.2) is 33.6 Å². The van der Waals surface area contributed by atoms with Crippen molar-refractivity contribution < 1.29 is 18.3 Å². The average Bonchev–Trinajstić information content (AvgIpc) is 3.41. The van der Waals surface area contributed by atoms with Gasteiger partial charge in [0, 0.05) is 36.3 Å². The summed E-state index contributed by atoms with van der Waals surface area (Å²) in [7, 11) is 0. The summed E-state index contributed by atoms with van der Waals surface area (Å²) in [6, 6.07) is 14.5. The van der Waals surface area contributed by atoms with Crippen LogP contribution in [0.1, 0.15) is 27.2 Å². The fraction of sp³-hybridized carbons (Fsp3) is 0.133. The minimum Gasteiger partial charge on any atom is -0.453 e. The molecule has 0 saturated heterocycles. The van der Waals surface area contributed by atoms with Crippen molar-refractivity contribution in [3.8, 4) is 17.2 Å². The number of Topliss-reactive ketones (excluding diaryl/α,β-unsaturated/α-hetero) is 1. The topological polar surface area (TPSA) is 86.1 Å². The molecule has 1 N–H and O–H groups in total. The quantitative estimate of drug-likeness (QED) is 0.258. The second kappa shape index (κ2) is 10.9. The highest BCUT2D eigenvalue weighted by atomic mass is 32.1. The lowest BCUT2D eigenvalue weighted by molar-refractivity contribution is 0.0991. The average molecular weight is 557 g/mol. The molecule has 0 atom stereocenters. The van der Waals surface area contributed by atoms with Gasteiger partial charge in [-0.2, -0.15) is 9.78 Å². The Hall–Kier alpha value is -4.54. The highest BCUT2D eigenvalue weighted by Gasteiger charge is 2.18. The number of halogens is 2. The number of nitrogens with one attached hydrogen (secondary N) is 1. The van der Waals surface area contributed by atoms with Gasteiger partial charge < -0.3 is 10.1 Å². The van der Waals surface area contributed by atoms with Crippen LogP contribution in [-0.2, 0) is 6.42 Å². The van der Waals surface area contributed by atoms with Gasteiger partial charge >= 0.3 is 0 Å². The van der Waals surface area contributed by atoms with Crippen LogP contribution < -0.4 is 15.6 Å². The van der Waals surface area contributed by atoms with Gasteiger partial charge in [-0.3, -0.25) is 14.6 Å². The van der Waals surface area contributed by atoms with Gasteiger partial charge in [-0.15, -0.1) is 11.3 Å². The molecule has 0 unspecified atom stereocenters. The molecule has 0 amide bonds. The van der Waals surface area contributed by atoms with Gasteiger partial charge in [-0.1, -0.05) is 12.1 Å². The Balaban J connectivity index is 1.21. The lowest BCUT2D eigenvalue weighted by Gasteiger charge is -2.12. The summed E-state index contributed by atoms with van der Waals surface area (Å²) in [6.45, 7) is 1.74. The third-order valence-corrected chi connectivity index (χ3v) is 7.77. The Bertz CT molecular complexity index is 1830. The molecular weight excluding hydrogens is 534 g/mol. The first kappa shape index (κ1) is 25.7. The van der Waals surface area contributed by atoms with Crippen LogP contribution in [0, 0.1) is 11.6 Å². The van der Waals surface area contributed by atoms with Crippen molar-refractivity contribution in [3.63, 3.8) is 0 Å². The van der Waals surface area contributed by atoms with Gasteiger partial charge in [0.25, 0.3) is 5.56 Å². The first-order valence-electron chi connectivity index (χ1n) is 12.6. The molecule has 4 heterocycles. The molecule has 0 spiro atoms. The van der Waals surface area contributed by atoms with E-state index < -0.39 is 23.0 Å². The monoisotopic (exact) mass is 556 g/mol. The number of hydrogen-bond acceptors (Lipinski definition) is 7. The maximum atomic E-state index is 15.1. The maximum Gasteiger partial charge on any atom is 0.282 e. The lowest BCUT2D eigenvalue weighted by atomic mass is 10.0. The molecule has 6 rings (SSSR count). The van der Waals surface area contributed by atoms with Crippen LogP contribution >= 0.6 is 11.3 Å². The Morgan fingerprint density at radius 2 is 1.88 bits per heavy atom. The van der Waals surface area contributed by atoms with E-state index in [2.05, 4.69) is 21.5 Å². The van der Waals surface area contributed by atoms with E-state index in [1.54, 1.807) is 29.7 Å². The first-order valence-corrected chi connectivity index (χ1v) is 13.4. The first-order chi connectivity index (χ1) is 19.5. The van der Waals surface area contributed by atoms with Crippen molar-refractivity contribution in [3.05, 3.63) is 117 Å². The molecule has 0 bridgehead atoms. The Morgan fingerprint density at radius 1 is 1.02 bits per heavy atom. The summed E-state index contributed by atoms with van der Waals surface area (Å²) in [5, 5.41) is 7.29. The number of ketones is 1. The van der Waals surface area contributed by atoms with Crippen molar-refractivity contribution in [1.82, 2.24) is 20.1 Å². The highest BCUT2D eigenvalue weighted by molar-refractivity contribution is 7.20. The van der Waals surface area contributed by atoms with Gasteiger partial charge in [0.2, 0.25) is 0 Å². The SMILES string of the molecule is O=C(Cc1ccc(Oc2ccnc3cc(C4=CCNCC4)sc23)c(F)c1)c1ccnn(-c2ccc(F)cc2)c1=O. The Labute approximate surface area is 231 Å². The standard InChI is InChI=1S/C30H22F2N4O3S/c31-20-2-4-21(5-3-20)36-30(38)22(9-14-35-36)25(37)16-18-1-6-26(23(32)15-18)39-27-10-13-34-24-17-28(40-29(24)27)19-7-11-33-12-8-19/h1-7,9-10,13-15,17,33H,8,11-12,16H2. The van der Waals surface area contributed by atoms with Gasteiger partial charge in [0.15, 0.2) is 17.3 Å². The zero-order valence-corrected chi connectivity index (χ0v) is 21.9. The summed E-state index contributed by atoms with van der Waals surface area (Å²) in [4.78, 5) is 31.4. The van der Waals surface area contributed by atoms with Crippen LogP contribution in [0.2, 0.25) is 0 Å². The van der Waals surface area contributed by atoms with Crippen molar-refractivity contribution in [2.24, 2.45) is 0 Å². The fourth-order valence-electron chi connectivity index (χ4n) is 4.53. The second-order valence-electron chi connectivity index (χ2n) is 9.22. The predicted octanol–water partition coefficient (Wildman–Crippen LogP) is 5.71. The van der Waals surface area contributed by atoms with Gasteiger partial charge in [-0.25, -0.2) is 8.78 Å². The Kier molecular flexibility index (Phi) is 7.02. The van der Waals surface area contributed by atoms with E-state index in [1.165, 1.54) is 54.2 Å².